The first-order valence-electron chi connectivity index (χ1n) is 5.31. The molecule has 0 unspecified atom stereocenters. The molecule has 0 saturated carbocycles. The van der Waals surface area contributed by atoms with Gasteiger partial charge in [0.15, 0.2) is 5.82 Å². The van der Waals surface area contributed by atoms with Crippen LogP contribution in [0.1, 0.15) is 19.9 Å². The minimum atomic E-state index is -4.03. The van der Waals surface area contributed by atoms with Gasteiger partial charge in [-0.05, 0) is 19.9 Å². The first-order valence-corrected chi connectivity index (χ1v) is 7.62. The van der Waals surface area contributed by atoms with Crippen LogP contribution in [0.4, 0.5) is 4.39 Å². The van der Waals surface area contributed by atoms with Gasteiger partial charge in [-0.15, -0.1) is 10.2 Å². The molecule has 2 heterocycles. The molecule has 0 spiro atoms. The van der Waals surface area contributed by atoms with E-state index in [0.29, 0.717) is 5.56 Å². The molecule has 19 heavy (non-hydrogen) atoms. The maximum absolute atomic E-state index is 13.2. The predicted molar refractivity (Wildman–Crippen MR) is 66.6 cm³/mol. The Kier molecular flexibility index (Phi) is 3.55. The Labute approximate surface area is 113 Å². The number of nitrogens with zero attached hydrogens (tertiary/aromatic N) is 4. The van der Waals surface area contributed by atoms with Crippen LogP contribution in [0, 0.1) is 5.82 Å². The third kappa shape index (κ3) is 2.74. The highest BCUT2D eigenvalue weighted by atomic mass is 35.7. The van der Waals surface area contributed by atoms with E-state index in [0.717, 1.165) is 6.20 Å². The van der Waals surface area contributed by atoms with Gasteiger partial charge in [-0.3, -0.25) is 9.55 Å². The molecular weight excluding hydrogens is 295 g/mol. The van der Waals surface area contributed by atoms with Crippen molar-refractivity contribution in [1.29, 1.82) is 0 Å². The first-order chi connectivity index (χ1) is 8.80. The number of pyridine rings is 1. The molecule has 0 N–H and O–H groups in total. The molecule has 0 aromatic carbocycles. The Hall–Kier alpha value is -1.54. The largest absolute Gasteiger partial charge is 0.296 e. The third-order valence-corrected chi connectivity index (χ3v) is 3.49. The summed E-state index contributed by atoms with van der Waals surface area (Å²) in [7, 11) is 1.27. The molecule has 2 aromatic rings. The van der Waals surface area contributed by atoms with Crippen molar-refractivity contribution in [3.05, 3.63) is 24.3 Å². The summed E-state index contributed by atoms with van der Waals surface area (Å²) < 4.78 is 37.3. The van der Waals surface area contributed by atoms with Crippen LogP contribution in [0.2, 0.25) is 0 Å². The number of halogens is 2. The van der Waals surface area contributed by atoms with Gasteiger partial charge in [0.2, 0.25) is 0 Å². The molecular formula is C10H10ClFN4O2S. The lowest BCUT2D eigenvalue weighted by molar-refractivity contribution is 0.530. The molecule has 0 radical (unpaired) electrons. The smallest absolute Gasteiger partial charge is 0.294 e. The lowest BCUT2D eigenvalue weighted by Gasteiger charge is -2.12. The summed E-state index contributed by atoms with van der Waals surface area (Å²) in [5.74, 6) is -0.354. The Balaban J connectivity index is 2.69. The molecule has 0 saturated heterocycles. The van der Waals surface area contributed by atoms with Crippen LogP contribution in [0.5, 0.6) is 0 Å². The van der Waals surface area contributed by atoms with E-state index in [2.05, 4.69) is 15.2 Å². The van der Waals surface area contributed by atoms with E-state index in [-0.39, 0.29) is 17.0 Å². The second kappa shape index (κ2) is 4.86. The van der Waals surface area contributed by atoms with Gasteiger partial charge < -0.3 is 0 Å². The Morgan fingerprint density at radius 3 is 2.53 bits per heavy atom. The third-order valence-electron chi connectivity index (χ3n) is 2.36. The standard InChI is InChI=1S/C10H10ClFN4O2S/c1-6(2)16-9(7-3-8(12)5-13-4-7)14-15-10(16)19(11,17)18/h3-6H,1-2H3. The van der Waals surface area contributed by atoms with E-state index in [1.165, 1.54) is 16.8 Å². The van der Waals surface area contributed by atoms with E-state index in [4.69, 9.17) is 10.7 Å². The second-order valence-corrected chi connectivity index (χ2v) is 6.56. The fourth-order valence-electron chi connectivity index (χ4n) is 1.64. The minimum absolute atomic E-state index is 0.196. The summed E-state index contributed by atoms with van der Waals surface area (Å²) >= 11 is 0. The van der Waals surface area contributed by atoms with Crippen LogP contribution in [0.3, 0.4) is 0 Å². The van der Waals surface area contributed by atoms with Crippen LogP contribution in [-0.2, 0) is 9.05 Å². The monoisotopic (exact) mass is 304 g/mol. The van der Waals surface area contributed by atoms with Crippen molar-refractivity contribution in [3.8, 4) is 11.4 Å². The number of aromatic nitrogens is 4. The molecule has 2 aromatic heterocycles. The summed E-state index contributed by atoms with van der Waals surface area (Å²) in [4.78, 5) is 3.69. The van der Waals surface area contributed by atoms with Crippen molar-refractivity contribution in [3.63, 3.8) is 0 Å². The molecule has 0 aliphatic rings. The van der Waals surface area contributed by atoms with Crippen LogP contribution in [0.15, 0.2) is 23.6 Å². The van der Waals surface area contributed by atoms with E-state index < -0.39 is 14.9 Å². The lowest BCUT2D eigenvalue weighted by atomic mass is 10.2. The van der Waals surface area contributed by atoms with Crippen LogP contribution < -0.4 is 0 Å². The van der Waals surface area contributed by atoms with Gasteiger partial charge >= 0.3 is 0 Å². The zero-order valence-corrected chi connectivity index (χ0v) is 11.7. The number of hydrogen-bond donors (Lipinski definition) is 0. The second-order valence-electron chi connectivity index (χ2n) is 4.10. The lowest BCUT2D eigenvalue weighted by Crippen LogP contribution is -2.10. The molecule has 2 rings (SSSR count). The maximum atomic E-state index is 13.2. The SMILES string of the molecule is CC(C)n1c(-c2cncc(F)c2)nnc1S(=O)(=O)Cl. The molecule has 0 aliphatic carbocycles. The predicted octanol–water partition coefficient (Wildman–Crippen LogP) is 1.99. The van der Waals surface area contributed by atoms with E-state index >= 15 is 0 Å². The van der Waals surface area contributed by atoms with Crippen molar-refractivity contribution in [2.24, 2.45) is 0 Å². The highest BCUT2D eigenvalue weighted by Crippen LogP contribution is 2.25. The number of rotatable bonds is 3. The van der Waals surface area contributed by atoms with Crippen LogP contribution >= 0.6 is 10.7 Å². The van der Waals surface area contributed by atoms with Gasteiger partial charge in [-0.1, -0.05) is 0 Å². The van der Waals surface area contributed by atoms with Gasteiger partial charge in [0, 0.05) is 28.5 Å². The van der Waals surface area contributed by atoms with Gasteiger partial charge in [-0.2, -0.15) is 0 Å². The summed E-state index contributed by atoms with van der Waals surface area (Å²) in [6, 6.07) is 0.928. The maximum Gasteiger partial charge on any atom is 0.296 e. The highest BCUT2D eigenvalue weighted by molar-refractivity contribution is 8.13. The first kappa shape index (κ1) is 13.9. The van der Waals surface area contributed by atoms with E-state index in [1.807, 2.05) is 0 Å². The minimum Gasteiger partial charge on any atom is -0.294 e. The van der Waals surface area contributed by atoms with Crippen LogP contribution in [0.25, 0.3) is 11.4 Å². The van der Waals surface area contributed by atoms with Gasteiger partial charge in [0.25, 0.3) is 14.2 Å². The van der Waals surface area contributed by atoms with E-state index in [1.54, 1.807) is 13.8 Å². The van der Waals surface area contributed by atoms with Crippen LogP contribution in [-0.4, -0.2) is 28.2 Å². The topological polar surface area (TPSA) is 77.7 Å². The van der Waals surface area contributed by atoms with Crippen molar-refractivity contribution < 1.29 is 12.8 Å². The van der Waals surface area contributed by atoms with Crippen molar-refractivity contribution in [2.75, 3.05) is 0 Å². The van der Waals surface area contributed by atoms with Crippen molar-refractivity contribution in [1.82, 2.24) is 19.7 Å². The Morgan fingerprint density at radius 2 is 2.00 bits per heavy atom. The average Bonchev–Trinajstić information content (AvgIpc) is 2.72. The zero-order valence-electron chi connectivity index (χ0n) is 10.1. The average molecular weight is 305 g/mol. The van der Waals surface area contributed by atoms with Gasteiger partial charge in [0.05, 0.1) is 6.20 Å². The summed E-state index contributed by atoms with van der Waals surface area (Å²) in [6.45, 7) is 3.48. The highest BCUT2D eigenvalue weighted by Gasteiger charge is 2.25. The fraction of sp³-hybridized carbons (Fsp3) is 0.300. The van der Waals surface area contributed by atoms with Crippen molar-refractivity contribution >= 4 is 19.7 Å². The number of hydrogen-bond acceptors (Lipinski definition) is 5. The molecule has 9 heteroatoms. The molecule has 102 valence electrons. The van der Waals surface area contributed by atoms with Gasteiger partial charge in [-0.25, -0.2) is 12.8 Å². The molecule has 0 fully saturated rings. The zero-order chi connectivity index (χ0) is 14.2. The molecule has 0 amide bonds. The summed E-state index contributed by atoms with van der Waals surface area (Å²) in [5.41, 5.74) is 0.327. The summed E-state index contributed by atoms with van der Waals surface area (Å²) in [6.07, 6.45) is 2.41. The van der Waals surface area contributed by atoms with E-state index in [9.17, 15) is 12.8 Å². The van der Waals surface area contributed by atoms with Crippen molar-refractivity contribution in [2.45, 2.75) is 25.0 Å². The normalized spacial score (nSPS) is 12.1. The molecule has 0 bridgehead atoms. The Morgan fingerprint density at radius 1 is 1.32 bits per heavy atom. The molecule has 0 atom stereocenters. The summed E-state index contributed by atoms with van der Waals surface area (Å²) in [5, 5.41) is 6.94. The molecule has 6 nitrogen and oxygen atoms in total. The quantitative estimate of drug-likeness (QED) is 0.810. The Bertz CT molecular complexity index is 714. The fourth-order valence-corrected chi connectivity index (χ4v) is 2.63. The van der Waals surface area contributed by atoms with Gasteiger partial charge in [0.1, 0.15) is 5.82 Å². The molecule has 0 aliphatic heterocycles.